The van der Waals surface area contributed by atoms with E-state index in [0.29, 0.717) is 5.56 Å². The number of benzene rings is 1. The number of nitrogens with one attached hydrogen (secondary N) is 1. The number of esters is 2. The number of halogens is 2. The van der Waals surface area contributed by atoms with E-state index in [-0.39, 0.29) is 28.9 Å². The molecule has 1 fully saturated rings. The van der Waals surface area contributed by atoms with E-state index in [1.807, 2.05) is 0 Å². The molecule has 34 heavy (non-hydrogen) atoms. The maximum atomic E-state index is 15.5. The molecule has 0 saturated carbocycles. The van der Waals surface area contributed by atoms with Crippen molar-refractivity contribution in [1.82, 2.24) is 19.5 Å². The highest BCUT2D eigenvalue weighted by atomic mass is 35.5. The Morgan fingerprint density at radius 2 is 1.94 bits per heavy atom. The van der Waals surface area contributed by atoms with E-state index in [0.717, 1.165) is 6.92 Å². The summed E-state index contributed by atoms with van der Waals surface area (Å²) in [7, 11) is 0. The third-order valence-corrected chi connectivity index (χ3v) is 5.16. The first-order valence-corrected chi connectivity index (χ1v) is 10.5. The number of hydrogen-bond donors (Lipinski definition) is 1. The molecule has 3 heterocycles. The van der Waals surface area contributed by atoms with E-state index in [1.165, 1.54) is 17.8 Å². The lowest BCUT2D eigenvalue weighted by Gasteiger charge is -2.18. The molecule has 3 aromatic rings. The zero-order valence-electron chi connectivity index (χ0n) is 18.0. The van der Waals surface area contributed by atoms with E-state index in [4.69, 9.17) is 25.8 Å². The second-order valence-electron chi connectivity index (χ2n) is 7.39. The van der Waals surface area contributed by atoms with Gasteiger partial charge in [0.15, 0.2) is 29.3 Å². The molecule has 1 saturated heterocycles. The van der Waals surface area contributed by atoms with Crippen LogP contribution in [0.4, 0.5) is 10.3 Å². The fraction of sp³-hybridized carbons (Fsp3) is 0.333. The van der Waals surface area contributed by atoms with Crippen molar-refractivity contribution in [2.45, 2.75) is 38.5 Å². The molecule has 13 heteroatoms. The van der Waals surface area contributed by atoms with Crippen molar-refractivity contribution in [3.8, 4) is 0 Å². The predicted octanol–water partition coefficient (Wildman–Crippen LogP) is 2.46. The molecular weight excluding hydrogens is 473 g/mol. The van der Waals surface area contributed by atoms with Crippen molar-refractivity contribution < 1.29 is 33.0 Å². The Bertz CT molecular complexity index is 1240. The Hall–Kier alpha value is -3.64. The smallest absolute Gasteiger partial charge is 0.338 e. The number of fused-ring (bicyclic) bond motifs is 1. The third kappa shape index (κ3) is 4.82. The van der Waals surface area contributed by atoms with Gasteiger partial charge in [0.25, 0.3) is 0 Å². The summed E-state index contributed by atoms with van der Waals surface area (Å²) in [5.41, 5.74) is 0.532. The monoisotopic (exact) mass is 491 g/mol. The average Bonchev–Trinajstić information content (AvgIpc) is 3.33. The number of ether oxygens (including phenoxy) is 3. The summed E-state index contributed by atoms with van der Waals surface area (Å²) in [6, 6.07) is 8.22. The maximum Gasteiger partial charge on any atom is 0.338 e. The molecular formula is C21H19ClFN5O6. The number of alkyl halides is 1. The zero-order valence-corrected chi connectivity index (χ0v) is 18.7. The minimum Gasteiger partial charge on any atom is -0.459 e. The van der Waals surface area contributed by atoms with Gasteiger partial charge in [-0.05, 0) is 12.1 Å². The van der Waals surface area contributed by atoms with Crippen molar-refractivity contribution in [1.29, 1.82) is 0 Å². The van der Waals surface area contributed by atoms with Crippen molar-refractivity contribution in [3.05, 3.63) is 47.4 Å². The van der Waals surface area contributed by atoms with Crippen LogP contribution in [0.15, 0.2) is 36.7 Å². The number of rotatable bonds is 6. The largest absolute Gasteiger partial charge is 0.459 e. The zero-order chi connectivity index (χ0) is 24.4. The van der Waals surface area contributed by atoms with Gasteiger partial charge in [-0.2, -0.15) is 9.97 Å². The van der Waals surface area contributed by atoms with Crippen LogP contribution in [-0.2, 0) is 23.8 Å². The highest BCUT2D eigenvalue weighted by Gasteiger charge is 2.49. The summed E-state index contributed by atoms with van der Waals surface area (Å²) in [6.07, 6.45) is -4.44. The molecule has 2 aromatic heterocycles. The molecule has 0 bridgehead atoms. The SMILES string of the molecule is CC(=O)Nc1nc(Cl)c2ncn([C@@H]3O[C@H](COC(=O)c4ccccc4)[C@@H](OC(C)=O)[C@@H]3F)c2n1. The van der Waals surface area contributed by atoms with E-state index in [2.05, 4.69) is 20.3 Å². The molecule has 1 aliphatic rings. The van der Waals surface area contributed by atoms with Crippen LogP contribution in [0.25, 0.3) is 11.2 Å². The lowest BCUT2D eigenvalue weighted by atomic mass is 10.1. The third-order valence-electron chi connectivity index (χ3n) is 4.90. The Morgan fingerprint density at radius 1 is 1.21 bits per heavy atom. The van der Waals surface area contributed by atoms with Crippen molar-refractivity contribution in [2.24, 2.45) is 0 Å². The number of hydrogen-bond acceptors (Lipinski definition) is 9. The van der Waals surface area contributed by atoms with Gasteiger partial charge in [-0.3, -0.25) is 19.5 Å². The highest BCUT2D eigenvalue weighted by Crippen LogP contribution is 2.36. The summed E-state index contributed by atoms with van der Waals surface area (Å²) in [5, 5.41) is 2.34. The van der Waals surface area contributed by atoms with Crippen LogP contribution in [-0.4, -0.2) is 62.4 Å². The molecule has 0 aliphatic carbocycles. The standard InChI is InChI=1S/C21H19ClFN5O6/c1-10(29)25-21-26-17(22)15-18(27-21)28(9-24-15)19-14(23)16(33-11(2)30)13(34-19)8-32-20(31)12-6-4-3-5-7-12/h3-7,9,13-14,16,19H,8H2,1-2H3,(H,25,26,27,29)/t13-,14+,16-,19-/m1/s1. The summed E-state index contributed by atoms with van der Waals surface area (Å²) >= 11 is 6.13. The molecule has 1 aromatic carbocycles. The first-order valence-electron chi connectivity index (χ1n) is 10.1. The van der Waals surface area contributed by atoms with Gasteiger partial charge in [-0.1, -0.05) is 29.8 Å². The number of aromatic nitrogens is 4. The molecule has 1 aliphatic heterocycles. The number of carbonyl (C=O) groups excluding carboxylic acids is 3. The fourth-order valence-electron chi connectivity index (χ4n) is 3.48. The number of carbonyl (C=O) groups is 3. The molecule has 0 radical (unpaired) electrons. The Morgan fingerprint density at radius 3 is 2.62 bits per heavy atom. The molecule has 11 nitrogen and oxygen atoms in total. The Labute approximate surface area is 197 Å². The lowest BCUT2D eigenvalue weighted by molar-refractivity contribution is -0.152. The van der Waals surface area contributed by atoms with Gasteiger partial charge in [0.05, 0.1) is 11.9 Å². The normalized spacial score (nSPS) is 21.9. The van der Waals surface area contributed by atoms with E-state index < -0.39 is 42.5 Å². The van der Waals surface area contributed by atoms with Crippen molar-refractivity contribution in [2.75, 3.05) is 11.9 Å². The van der Waals surface area contributed by atoms with Crippen LogP contribution < -0.4 is 5.32 Å². The second kappa shape index (κ2) is 9.69. The van der Waals surface area contributed by atoms with E-state index in [9.17, 15) is 14.4 Å². The van der Waals surface area contributed by atoms with Gasteiger partial charge in [0, 0.05) is 13.8 Å². The first-order chi connectivity index (χ1) is 16.2. The molecule has 1 amide bonds. The van der Waals surface area contributed by atoms with E-state index in [1.54, 1.807) is 30.3 Å². The minimum atomic E-state index is -1.86. The van der Waals surface area contributed by atoms with Gasteiger partial charge < -0.3 is 14.2 Å². The van der Waals surface area contributed by atoms with Crippen LogP contribution in [0.2, 0.25) is 5.15 Å². The van der Waals surface area contributed by atoms with Crippen LogP contribution in [0.1, 0.15) is 30.4 Å². The van der Waals surface area contributed by atoms with Gasteiger partial charge in [0.2, 0.25) is 11.9 Å². The summed E-state index contributed by atoms with van der Waals surface area (Å²) in [5.74, 6) is -1.91. The maximum absolute atomic E-state index is 15.5. The number of amides is 1. The molecule has 0 unspecified atom stereocenters. The van der Waals surface area contributed by atoms with Gasteiger partial charge in [-0.15, -0.1) is 0 Å². The second-order valence-corrected chi connectivity index (χ2v) is 7.75. The molecule has 1 N–H and O–H groups in total. The molecule has 178 valence electrons. The summed E-state index contributed by atoms with van der Waals surface area (Å²) < 4.78 is 32.9. The topological polar surface area (TPSA) is 135 Å². The van der Waals surface area contributed by atoms with Crippen LogP contribution in [0, 0.1) is 0 Å². The average molecular weight is 492 g/mol. The van der Waals surface area contributed by atoms with E-state index >= 15 is 4.39 Å². The fourth-order valence-corrected chi connectivity index (χ4v) is 3.69. The van der Waals surface area contributed by atoms with Gasteiger partial charge in [-0.25, -0.2) is 14.2 Å². The van der Waals surface area contributed by atoms with Crippen LogP contribution >= 0.6 is 11.6 Å². The first kappa shape index (κ1) is 23.5. The predicted molar refractivity (Wildman–Crippen MR) is 116 cm³/mol. The van der Waals surface area contributed by atoms with Crippen molar-refractivity contribution >= 4 is 46.6 Å². The molecule has 0 spiro atoms. The summed E-state index contributed by atoms with van der Waals surface area (Å²) in [4.78, 5) is 47.5. The number of nitrogens with zero attached hydrogens (tertiary/aromatic N) is 4. The molecule has 4 rings (SSSR count). The number of imidazole rings is 1. The van der Waals surface area contributed by atoms with Crippen molar-refractivity contribution in [3.63, 3.8) is 0 Å². The number of anilines is 1. The van der Waals surface area contributed by atoms with Crippen LogP contribution in [0.3, 0.4) is 0 Å². The summed E-state index contributed by atoms with van der Waals surface area (Å²) in [6.45, 7) is 2.02. The van der Waals surface area contributed by atoms with Gasteiger partial charge in [0.1, 0.15) is 18.2 Å². The lowest BCUT2D eigenvalue weighted by Crippen LogP contribution is -2.36. The van der Waals surface area contributed by atoms with Gasteiger partial charge >= 0.3 is 11.9 Å². The van der Waals surface area contributed by atoms with Crippen LogP contribution in [0.5, 0.6) is 0 Å². The Kier molecular flexibility index (Phi) is 6.70. The quantitative estimate of drug-likeness (QED) is 0.407. The molecule has 4 atom stereocenters. The minimum absolute atomic E-state index is 0.0641. The Balaban J connectivity index is 1.60. The highest BCUT2D eigenvalue weighted by molar-refractivity contribution is 6.33.